The number of imide groups is 1. The molecule has 0 aliphatic carbocycles. The molecule has 3 aromatic rings. The van der Waals surface area contributed by atoms with E-state index in [-0.39, 0.29) is 30.3 Å². The second-order valence-electron chi connectivity index (χ2n) is 9.30. The number of urea groups is 1. The van der Waals surface area contributed by atoms with Crippen LogP contribution in [0.1, 0.15) is 62.3 Å². The molecule has 37 heavy (non-hydrogen) atoms. The zero-order chi connectivity index (χ0) is 25.8. The van der Waals surface area contributed by atoms with Crippen molar-refractivity contribution in [1.29, 1.82) is 0 Å². The lowest BCUT2D eigenvalue weighted by molar-refractivity contribution is 0.0642. The highest BCUT2D eigenvalue weighted by Gasteiger charge is 2.34. The van der Waals surface area contributed by atoms with Crippen LogP contribution >= 0.6 is 0 Å². The highest BCUT2D eigenvalue weighted by Crippen LogP contribution is 2.24. The molecule has 0 saturated carbocycles. The summed E-state index contributed by atoms with van der Waals surface area (Å²) in [4.78, 5) is 53.4. The minimum atomic E-state index is -0.312. The van der Waals surface area contributed by atoms with Crippen LogP contribution in [0.4, 0.5) is 16.2 Å². The van der Waals surface area contributed by atoms with E-state index in [0.29, 0.717) is 28.1 Å². The summed E-state index contributed by atoms with van der Waals surface area (Å²) in [5.74, 6) is -0.907. The van der Waals surface area contributed by atoms with Crippen molar-refractivity contribution in [3.05, 3.63) is 95.1 Å². The molecule has 0 unspecified atom stereocenters. The summed E-state index contributed by atoms with van der Waals surface area (Å²) in [5, 5.41) is 5.77. The van der Waals surface area contributed by atoms with Gasteiger partial charge < -0.3 is 15.5 Å². The molecule has 8 heteroatoms. The minimum Gasteiger partial charge on any atom is -0.325 e. The number of hydrogen-bond acceptors (Lipinski definition) is 4. The number of likely N-dealkylation sites (tertiary alicyclic amines) is 1. The van der Waals surface area contributed by atoms with Gasteiger partial charge in [-0.2, -0.15) is 0 Å². The van der Waals surface area contributed by atoms with E-state index in [9.17, 15) is 19.2 Å². The fraction of sp³-hybridized carbons (Fsp3) is 0.241. The molecule has 2 heterocycles. The molecule has 5 rings (SSSR count). The quantitative estimate of drug-likeness (QED) is 0.478. The fourth-order valence-corrected chi connectivity index (χ4v) is 4.64. The van der Waals surface area contributed by atoms with Gasteiger partial charge in [-0.05, 0) is 66.9 Å². The third kappa shape index (κ3) is 5.38. The number of rotatable bonds is 5. The number of benzene rings is 3. The highest BCUT2D eigenvalue weighted by atomic mass is 16.2. The van der Waals surface area contributed by atoms with Crippen LogP contribution in [0.3, 0.4) is 0 Å². The van der Waals surface area contributed by atoms with Crippen LogP contribution in [0.25, 0.3) is 0 Å². The van der Waals surface area contributed by atoms with Crippen molar-refractivity contribution in [1.82, 2.24) is 9.80 Å². The number of anilines is 2. The van der Waals surface area contributed by atoms with Gasteiger partial charge in [0.2, 0.25) is 0 Å². The first-order valence-electron chi connectivity index (χ1n) is 12.5. The molecule has 0 bridgehead atoms. The Bertz CT molecular complexity index is 1290. The third-order valence-electron chi connectivity index (χ3n) is 6.72. The second kappa shape index (κ2) is 10.7. The summed E-state index contributed by atoms with van der Waals surface area (Å²) in [6, 6.07) is 20.5. The van der Waals surface area contributed by atoms with Crippen molar-refractivity contribution in [2.75, 3.05) is 23.7 Å². The molecule has 0 atom stereocenters. The average Bonchev–Trinajstić information content (AvgIpc) is 3.10. The van der Waals surface area contributed by atoms with Crippen LogP contribution < -0.4 is 10.6 Å². The predicted molar refractivity (Wildman–Crippen MR) is 141 cm³/mol. The maximum atomic E-state index is 12.7. The zero-order valence-corrected chi connectivity index (χ0v) is 20.4. The Balaban J connectivity index is 1.16. The summed E-state index contributed by atoms with van der Waals surface area (Å²) in [6.45, 7) is 1.69. The number of nitrogens with zero attached hydrogens (tertiary/aromatic N) is 2. The normalized spacial score (nSPS) is 15.2. The van der Waals surface area contributed by atoms with Gasteiger partial charge in [0.15, 0.2) is 0 Å². The zero-order valence-electron chi connectivity index (χ0n) is 20.4. The van der Waals surface area contributed by atoms with Crippen LogP contribution in [0.2, 0.25) is 0 Å². The van der Waals surface area contributed by atoms with Gasteiger partial charge in [-0.15, -0.1) is 0 Å². The van der Waals surface area contributed by atoms with E-state index in [0.717, 1.165) is 44.3 Å². The highest BCUT2D eigenvalue weighted by molar-refractivity contribution is 6.21. The molecule has 2 aliphatic rings. The fourth-order valence-electron chi connectivity index (χ4n) is 4.64. The summed E-state index contributed by atoms with van der Waals surface area (Å²) >= 11 is 0. The van der Waals surface area contributed by atoms with Crippen LogP contribution in [0, 0.1) is 0 Å². The van der Waals surface area contributed by atoms with Gasteiger partial charge in [-0.1, -0.05) is 37.1 Å². The number of fused-ring (bicyclic) bond motifs is 1. The first kappa shape index (κ1) is 24.2. The maximum Gasteiger partial charge on any atom is 0.321 e. The third-order valence-corrected chi connectivity index (χ3v) is 6.72. The summed E-state index contributed by atoms with van der Waals surface area (Å²) in [6.07, 6.45) is 4.38. The number of carbonyl (C=O) groups is 4. The SMILES string of the molecule is O=C(Nc1ccc(NC(=O)N2CCCCCC2)cc1)c1ccc(CN2C(=O)c3ccccc3C2=O)cc1. The number of hydrogen-bond donors (Lipinski definition) is 2. The lowest BCUT2D eigenvalue weighted by Gasteiger charge is -2.20. The van der Waals surface area contributed by atoms with E-state index >= 15 is 0 Å². The van der Waals surface area contributed by atoms with Gasteiger partial charge in [0.05, 0.1) is 17.7 Å². The second-order valence-corrected chi connectivity index (χ2v) is 9.30. The van der Waals surface area contributed by atoms with Crippen LogP contribution in [-0.4, -0.2) is 46.6 Å². The predicted octanol–water partition coefficient (Wildman–Crippen LogP) is 5.14. The number of amides is 5. The van der Waals surface area contributed by atoms with Gasteiger partial charge in [0.25, 0.3) is 17.7 Å². The molecule has 5 amide bonds. The van der Waals surface area contributed by atoms with Gasteiger partial charge in [-0.3, -0.25) is 19.3 Å². The Labute approximate surface area is 215 Å². The van der Waals surface area contributed by atoms with Crippen molar-refractivity contribution >= 4 is 35.1 Å². The molecule has 0 spiro atoms. The van der Waals surface area contributed by atoms with E-state index in [4.69, 9.17) is 0 Å². The lowest BCUT2D eigenvalue weighted by Crippen LogP contribution is -2.35. The first-order valence-corrected chi connectivity index (χ1v) is 12.5. The molecular weight excluding hydrogens is 468 g/mol. The van der Waals surface area contributed by atoms with Crippen molar-refractivity contribution in [2.24, 2.45) is 0 Å². The number of nitrogens with one attached hydrogen (secondary N) is 2. The smallest absolute Gasteiger partial charge is 0.321 e. The van der Waals surface area contributed by atoms with Crippen LogP contribution in [-0.2, 0) is 6.54 Å². The maximum absolute atomic E-state index is 12.7. The van der Waals surface area contributed by atoms with Gasteiger partial charge in [-0.25, -0.2) is 4.79 Å². The Hall–Kier alpha value is -4.46. The van der Waals surface area contributed by atoms with Gasteiger partial charge in [0, 0.05) is 30.0 Å². The Kier molecular flexibility index (Phi) is 6.98. The molecule has 1 saturated heterocycles. The first-order chi connectivity index (χ1) is 18.0. The Morgan fingerprint density at radius 2 is 1.22 bits per heavy atom. The molecule has 188 valence electrons. The van der Waals surface area contributed by atoms with E-state index < -0.39 is 0 Å². The molecule has 1 fully saturated rings. The van der Waals surface area contributed by atoms with Gasteiger partial charge in [0.1, 0.15) is 0 Å². The van der Waals surface area contributed by atoms with Crippen molar-refractivity contribution < 1.29 is 19.2 Å². The molecular formula is C29H28N4O4. The monoisotopic (exact) mass is 496 g/mol. The topological polar surface area (TPSA) is 98.8 Å². The molecule has 0 aromatic heterocycles. The van der Waals surface area contributed by atoms with E-state index in [1.54, 1.807) is 72.8 Å². The molecule has 8 nitrogen and oxygen atoms in total. The van der Waals surface area contributed by atoms with E-state index in [1.807, 2.05) is 4.90 Å². The average molecular weight is 497 g/mol. The summed E-state index contributed by atoms with van der Waals surface area (Å²) in [5.41, 5.74) is 3.30. The minimum absolute atomic E-state index is 0.0972. The van der Waals surface area contributed by atoms with Crippen LogP contribution in [0.5, 0.6) is 0 Å². The molecule has 2 aliphatic heterocycles. The summed E-state index contributed by atoms with van der Waals surface area (Å²) in [7, 11) is 0. The largest absolute Gasteiger partial charge is 0.325 e. The van der Waals surface area contributed by atoms with Crippen molar-refractivity contribution in [3.8, 4) is 0 Å². The molecule has 3 aromatic carbocycles. The van der Waals surface area contributed by atoms with E-state index in [2.05, 4.69) is 10.6 Å². The molecule has 0 radical (unpaired) electrons. The van der Waals surface area contributed by atoms with Crippen molar-refractivity contribution in [2.45, 2.75) is 32.2 Å². The summed E-state index contributed by atoms with van der Waals surface area (Å²) < 4.78 is 0. The molecule has 2 N–H and O–H groups in total. The van der Waals surface area contributed by atoms with Gasteiger partial charge >= 0.3 is 6.03 Å². The van der Waals surface area contributed by atoms with Crippen molar-refractivity contribution in [3.63, 3.8) is 0 Å². The van der Waals surface area contributed by atoms with E-state index in [1.165, 1.54) is 4.90 Å². The Morgan fingerprint density at radius 3 is 1.78 bits per heavy atom. The Morgan fingerprint density at radius 1 is 0.676 bits per heavy atom. The number of carbonyl (C=O) groups excluding carboxylic acids is 4. The standard InChI is InChI=1S/C29H28N4O4/c34-26(30-22-13-15-23(16-14-22)31-29(37)32-17-5-1-2-6-18-32)21-11-9-20(10-12-21)19-33-27(35)24-7-3-4-8-25(24)28(33)36/h3-4,7-16H,1-2,5-6,17-19H2,(H,30,34)(H,31,37). The van der Waals surface area contributed by atoms with Crippen LogP contribution in [0.15, 0.2) is 72.8 Å². The lowest BCUT2D eigenvalue weighted by atomic mass is 10.1.